The molecule has 0 saturated carbocycles. The maximum atomic E-state index is 13.6. The van der Waals surface area contributed by atoms with Gasteiger partial charge in [-0.15, -0.1) is 0 Å². The lowest BCUT2D eigenvalue weighted by atomic mass is 9.99. The molecule has 0 unspecified atom stereocenters. The Kier molecular flexibility index (Phi) is 4.46. The van der Waals surface area contributed by atoms with Gasteiger partial charge in [-0.2, -0.15) is 0 Å². The maximum absolute atomic E-state index is 13.6. The number of benzene rings is 1. The van der Waals surface area contributed by atoms with Crippen molar-refractivity contribution < 1.29 is 28.5 Å². The molecule has 1 fully saturated rings. The van der Waals surface area contributed by atoms with Crippen molar-refractivity contribution in [2.45, 2.75) is 30.8 Å². The fourth-order valence-electron chi connectivity index (χ4n) is 1.88. The predicted octanol–water partition coefficient (Wildman–Crippen LogP) is 0.959. The van der Waals surface area contributed by atoms with Gasteiger partial charge in [-0.3, -0.25) is 0 Å². The van der Waals surface area contributed by atoms with E-state index >= 15 is 0 Å². The Morgan fingerprint density at radius 3 is 2.63 bits per heavy atom. The third-order valence-corrected chi connectivity index (χ3v) is 3.04. The highest BCUT2D eigenvalue weighted by atomic mass is 19.3. The van der Waals surface area contributed by atoms with Gasteiger partial charge in [0.15, 0.2) is 0 Å². The topological polar surface area (TPSA) is 58.9 Å². The van der Waals surface area contributed by atoms with Crippen LogP contribution in [0.1, 0.15) is 5.56 Å². The molecule has 1 saturated heterocycles. The zero-order valence-electron chi connectivity index (χ0n) is 10.2. The molecule has 0 spiro atoms. The number of hydrogen-bond acceptors (Lipinski definition) is 4. The van der Waals surface area contributed by atoms with Crippen molar-refractivity contribution >= 4 is 0 Å². The summed E-state index contributed by atoms with van der Waals surface area (Å²) in [6.07, 6.45) is -5.23. The number of alkyl halides is 2. The number of hydrogen-bond donors (Lipinski definition) is 2. The van der Waals surface area contributed by atoms with Crippen molar-refractivity contribution in [2.75, 3.05) is 13.2 Å². The van der Waals surface area contributed by atoms with E-state index in [4.69, 9.17) is 14.6 Å². The van der Waals surface area contributed by atoms with Crippen molar-refractivity contribution in [3.63, 3.8) is 0 Å². The van der Waals surface area contributed by atoms with Crippen LogP contribution in [0, 0.1) is 0 Å². The Hall–Kier alpha value is -1.08. The average Bonchev–Trinajstić information content (AvgIpc) is 2.40. The first-order valence-corrected chi connectivity index (χ1v) is 5.99. The second kappa shape index (κ2) is 5.92. The summed E-state index contributed by atoms with van der Waals surface area (Å²) in [5, 5.41) is 18.4. The first-order valence-electron chi connectivity index (χ1n) is 5.99. The summed E-state index contributed by atoms with van der Waals surface area (Å²) in [4.78, 5) is 0. The maximum Gasteiger partial charge on any atom is 0.303 e. The fourth-order valence-corrected chi connectivity index (χ4v) is 1.88. The van der Waals surface area contributed by atoms with E-state index in [1.165, 1.54) is 0 Å². The molecule has 1 heterocycles. The molecule has 1 aromatic carbocycles. The Morgan fingerprint density at radius 1 is 1.26 bits per heavy atom. The fraction of sp³-hybridized carbons (Fsp3) is 0.538. The molecule has 1 aromatic rings. The molecule has 3 atom stereocenters. The summed E-state index contributed by atoms with van der Waals surface area (Å²) in [6.45, 7) is -0.475. The molecule has 0 amide bonds. The van der Waals surface area contributed by atoms with E-state index in [0.717, 1.165) is 5.56 Å². The smallest absolute Gasteiger partial charge is 0.303 e. The SMILES string of the molecule is O[C@@H]1CO[C@H](COCc2ccccc2)C(F)(F)[C@@H]1O. The quantitative estimate of drug-likeness (QED) is 0.858. The van der Waals surface area contributed by atoms with E-state index in [1.807, 2.05) is 30.3 Å². The summed E-state index contributed by atoms with van der Waals surface area (Å²) in [7, 11) is 0. The van der Waals surface area contributed by atoms with Crippen LogP contribution in [0.3, 0.4) is 0 Å². The van der Waals surface area contributed by atoms with Gasteiger partial charge < -0.3 is 19.7 Å². The summed E-state index contributed by atoms with van der Waals surface area (Å²) >= 11 is 0. The van der Waals surface area contributed by atoms with Crippen LogP contribution >= 0.6 is 0 Å². The number of ether oxygens (including phenoxy) is 2. The van der Waals surface area contributed by atoms with Crippen LogP contribution in [0.25, 0.3) is 0 Å². The molecule has 1 aliphatic heterocycles. The molecule has 2 rings (SSSR count). The van der Waals surface area contributed by atoms with Gasteiger partial charge in [0.25, 0.3) is 0 Å². The van der Waals surface area contributed by atoms with Gasteiger partial charge in [0.05, 0.1) is 19.8 Å². The Bertz CT molecular complexity index is 399. The molecule has 2 N–H and O–H groups in total. The van der Waals surface area contributed by atoms with E-state index in [2.05, 4.69) is 0 Å². The summed E-state index contributed by atoms with van der Waals surface area (Å²) in [6, 6.07) is 9.13. The lowest BCUT2D eigenvalue weighted by molar-refractivity contribution is -0.273. The van der Waals surface area contributed by atoms with Gasteiger partial charge in [0.2, 0.25) is 0 Å². The summed E-state index contributed by atoms with van der Waals surface area (Å²) < 4.78 is 37.3. The number of aliphatic hydroxyl groups is 2. The van der Waals surface area contributed by atoms with Crippen molar-refractivity contribution in [1.82, 2.24) is 0 Å². The number of halogens is 2. The third-order valence-electron chi connectivity index (χ3n) is 3.04. The highest BCUT2D eigenvalue weighted by Gasteiger charge is 2.54. The predicted molar refractivity (Wildman–Crippen MR) is 62.8 cm³/mol. The van der Waals surface area contributed by atoms with Gasteiger partial charge in [-0.05, 0) is 5.56 Å². The first-order chi connectivity index (χ1) is 9.01. The molecule has 0 bridgehead atoms. The molecule has 1 aliphatic rings. The van der Waals surface area contributed by atoms with E-state index in [1.54, 1.807) is 0 Å². The lowest BCUT2D eigenvalue weighted by Gasteiger charge is -2.37. The van der Waals surface area contributed by atoms with Gasteiger partial charge in [-0.25, -0.2) is 8.78 Å². The van der Waals surface area contributed by atoms with Crippen LogP contribution in [0.2, 0.25) is 0 Å². The van der Waals surface area contributed by atoms with E-state index in [9.17, 15) is 13.9 Å². The number of rotatable bonds is 4. The third kappa shape index (κ3) is 3.27. The van der Waals surface area contributed by atoms with Gasteiger partial charge in [0, 0.05) is 0 Å². The zero-order chi connectivity index (χ0) is 13.9. The molecule has 0 aliphatic carbocycles. The van der Waals surface area contributed by atoms with Gasteiger partial charge in [0.1, 0.15) is 18.3 Å². The molecule has 0 radical (unpaired) electrons. The lowest BCUT2D eigenvalue weighted by Crippen LogP contribution is -2.59. The molecule has 0 aromatic heterocycles. The molecule has 106 valence electrons. The standard InChI is InChI=1S/C13H16F2O4/c14-13(15)11(19-7-10(16)12(13)17)8-18-6-9-4-2-1-3-5-9/h1-5,10-12,16-17H,6-8H2/t10-,11-,12-/m1/s1. The first kappa shape index (κ1) is 14.3. The van der Waals surface area contributed by atoms with Crippen molar-refractivity contribution in [2.24, 2.45) is 0 Å². The summed E-state index contributed by atoms with van der Waals surface area (Å²) in [5.41, 5.74) is 0.863. The second-order valence-electron chi connectivity index (χ2n) is 4.51. The van der Waals surface area contributed by atoms with Crippen molar-refractivity contribution in [1.29, 1.82) is 0 Å². The van der Waals surface area contributed by atoms with E-state index in [0.29, 0.717) is 0 Å². The van der Waals surface area contributed by atoms with E-state index < -0.39 is 24.2 Å². The van der Waals surface area contributed by atoms with Crippen LogP contribution in [-0.2, 0) is 16.1 Å². The minimum absolute atomic E-state index is 0.190. The normalized spacial score (nSPS) is 30.2. The zero-order valence-corrected chi connectivity index (χ0v) is 10.2. The Balaban J connectivity index is 1.86. The van der Waals surface area contributed by atoms with Crippen molar-refractivity contribution in [3.05, 3.63) is 35.9 Å². The van der Waals surface area contributed by atoms with Crippen molar-refractivity contribution in [3.8, 4) is 0 Å². The highest BCUT2D eigenvalue weighted by Crippen LogP contribution is 2.32. The molecular formula is C13H16F2O4. The van der Waals surface area contributed by atoms with Gasteiger partial charge >= 0.3 is 5.92 Å². The Morgan fingerprint density at radius 2 is 1.95 bits per heavy atom. The second-order valence-corrected chi connectivity index (χ2v) is 4.51. The van der Waals surface area contributed by atoms with Crippen LogP contribution < -0.4 is 0 Å². The number of aliphatic hydroxyl groups excluding tert-OH is 2. The Labute approximate surface area is 109 Å². The minimum atomic E-state index is -3.52. The average molecular weight is 274 g/mol. The van der Waals surface area contributed by atoms with Crippen LogP contribution in [0.4, 0.5) is 8.78 Å². The van der Waals surface area contributed by atoms with Crippen LogP contribution in [0.5, 0.6) is 0 Å². The van der Waals surface area contributed by atoms with E-state index in [-0.39, 0.29) is 19.8 Å². The molecule has 6 heteroatoms. The minimum Gasteiger partial charge on any atom is -0.388 e. The molecule has 4 nitrogen and oxygen atoms in total. The van der Waals surface area contributed by atoms with Crippen LogP contribution in [0.15, 0.2) is 30.3 Å². The largest absolute Gasteiger partial charge is 0.388 e. The van der Waals surface area contributed by atoms with Gasteiger partial charge in [-0.1, -0.05) is 30.3 Å². The molecular weight excluding hydrogens is 258 g/mol. The molecule has 19 heavy (non-hydrogen) atoms. The highest BCUT2D eigenvalue weighted by molar-refractivity contribution is 5.13. The monoisotopic (exact) mass is 274 g/mol. The van der Waals surface area contributed by atoms with Crippen LogP contribution in [-0.4, -0.2) is 47.7 Å². The summed E-state index contributed by atoms with van der Waals surface area (Å²) in [5.74, 6) is -3.52.